The van der Waals surface area contributed by atoms with Crippen LogP contribution in [0.25, 0.3) is 0 Å². The first-order valence-electron chi connectivity index (χ1n) is 33.3. The Morgan fingerprint density at radius 1 is 0.330 bits per heavy atom. The highest BCUT2D eigenvalue weighted by molar-refractivity contribution is 5.90. The molecule has 2 aromatic rings. The Bertz CT molecular complexity index is 2880. The van der Waals surface area contributed by atoms with Crippen LogP contribution in [0.2, 0.25) is 0 Å². The van der Waals surface area contributed by atoms with Crippen LogP contribution in [-0.2, 0) is 95.3 Å². The second-order valence-electron chi connectivity index (χ2n) is 23.7. The van der Waals surface area contributed by atoms with E-state index in [1.54, 1.807) is 0 Å². The maximum Gasteiger partial charge on any atom is 0.338 e. The van der Waals surface area contributed by atoms with Gasteiger partial charge in [0.2, 0.25) is 0 Å². The van der Waals surface area contributed by atoms with Gasteiger partial charge < -0.3 is 62.3 Å². The van der Waals surface area contributed by atoms with Crippen LogP contribution in [0.1, 0.15) is 175 Å². The van der Waals surface area contributed by atoms with Crippen molar-refractivity contribution in [3.63, 3.8) is 0 Å². The minimum atomic E-state index is -0.789. The van der Waals surface area contributed by atoms with Gasteiger partial charge in [0.05, 0.1) is 99.5 Å². The van der Waals surface area contributed by atoms with E-state index < -0.39 is 41.8 Å². The van der Waals surface area contributed by atoms with Crippen molar-refractivity contribution in [1.82, 2.24) is 0 Å². The number of benzene rings is 2. The molecule has 0 atom stereocenters. The Labute approximate surface area is 565 Å². The zero-order valence-electron chi connectivity index (χ0n) is 55.3. The van der Waals surface area contributed by atoms with Crippen LogP contribution >= 0.6 is 0 Å². The summed E-state index contributed by atoms with van der Waals surface area (Å²) in [5, 5.41) is 18.1. The Morgan fingerprint density at radius 2 is 0.588 bits per heavy atom. The lowest BCUT2D eigenvalue weighted by Crippen LogP contribution is -2.33. The smallest absolute Gasteiger partial charge is 0.338 e. The highest BCUT2D eigenvalue weighted by Crippen LogP contribution is 2.35. The van der Waals surface area contributed by atoms with Gasteiger partial charge >= 0.3 is 71.6 Å². The predicted molar refractivity (Wildman–Crippen MR) is 346 cm³/mol. The third-order valence-corrected chi connectivity index (χ3v) is 16.5. The van der Waals surface area contributed by atoms with Gasteiger partial charge in [-0.1, -0.05) is 26.3 Å². The van der Waals surface area contributed by atoms with Gasteiger partial charge in [-0.25, -0.2) is 28.8 Å². The molecular formula is C72H94O25. The topological polar surface area (TPSA) is 347 Å². The monoisotopic (exact) mass is 1360 g/mol. The predicted octanol–water partition coefficient (Wildman–Crippen LogP) is 10.3. The summed E-state index contributed by atoms with van der Waals surface area (Å²) in [6.45, 7) is 15.3. The van der Waals surface area contributed by atoms with Gasteiger partial charge in [-0.05, 0) is 203 Å². The summed E-state index contributed by atoms with van der Waals surface area (Å²) < 4.78 is 57.2. The molecule has 0 amide bonds. The van der Waals surface area contributed by atoms with Crippen molar-refractivity contribution in [3.05, 3.63) is 110 Å². The van der Waals surface area contributed by atoms with Gasteiger partial charge in [-0.2, -0.15) is 0 Å². The number of carbonyl (C=O) groups excluding carboxylic acids is 11. The highest BCUT2D eigenvalue weighted by Gasteiger charge is 2.37. The molecule has 0 bridgehead atoms. The molecule has 0 aromatic heterocycles. The quantitative estimate of drug-likeness (QED) is 0.0213. The minimum absolute atomic E-state index is 0.0978. The molecule has 25 nitrogen and oxygen atoms in total. The van der Waals surface area contributed by atoms with Crippen LogP contribution in [0.4, 0.5) is 0 Å². The minimum Gasteiger partial charge on any atom is -0.508 e. The molecule has 0 spiro atoms. The average molecular weight is 1360 g/mol. The second kappa shape index (κ2) is 46.1. The zero-order chi connectivity index (χ0) is 70.7. The van der Waals surface area contributed by atoms with Crippen LogP contribution in [0, 0.1) is 35.5 Å². The van der Waals surface area contributed by atoms with Crippen LogP contribution in [0.5, 0.6) is 11.5 Å². The van der Waals surface area contributed by atoms with Crippen molar-refractivity contribution in [2.24, 2.45) is 35.5 Å². The van der Waals surface area contributed by atoms with E-state index in [4.69, 9.17) is 62.3 Å². The molecule has 532 valence electrons. The van der Waals surface area contributed by atoms with E-state index in [2.05, 4.69) is 26.3 Å². The van der Waals surface area contributed by atoms with Crippen molar-refractivity contribution in [2.75, 3.05) is 52.9 Å². The molecule has 0 radical (unpaired) electrons. The zero-order valence-corrected chi connectivity index (χ0v) is 55.3. The van der Waals surface area contributed by atoms with Crippen LogP contribution in [0.15, 0.2) is 99.2 Å². The number of phenols is 1. The number of aliphatic carboxylic acids is 1. The molecule has 4 fully saturated rings. The summed E-state index contributed by atoms with van der Waals surface area (Å²) in [7, 11) is 0. The number of carboxylic acids is 1. The highest BCUT2D eigenvalue weighted by atomic mass is 16.6. The first-order chi connectivity index (χ1) is 46.7. The Kier molecular flexibility index (Phi) is 38.1. The van der Waals surface area contributed by atoms with E-state index >= 15 is 0 Å². The van der Waals surface area contributed by atoms with E-state index in [1.165, 1.54) is 48.5 Å². The number of aromatic hydroxyl groups is 1. The van der Waals surface area contributed by atoms with Crippen molar-refractivity contribution in [1.29, 1.82) is 0 Å². The first-order valence-corrected chi connectivity index (χ1v) is 33.3. The number of phenolic OH excluding ortho intramolecular Hbond substituents is 1. The average Bonchev–Trinajstić information content (AvgIpc) is 1.25. The van der Waals surface area contributed by atoms with Gasteiger partial charge in [0, 0.05) is 24.3 Å². The normalized spacial score (nSPS) is 20.1. The summed E-state index contributed by atoms with van der Waals surface area (Å²) >= 11 is 0. The number of unbranched alkanes of at least 4 members (excludes halogenated alkanes) is 4. The van der Waals surface area contributed by atoms with Crippen molar-refractivity contribution >= 4 is 71.6 Å². The molecule has 0 aliphatic heterocycles. The molecule has 2 N–H and O–H groups in total. The van der Waals surface area contributed by atoms with E-state index in [9.17, 15) is 57.5 Å². The number of ether oxygens (including phenoxy) is 11. The van der Waals surface area contributed by atoms with E-state index in [0.717, 1.165) is 24.3 Å². The summed E-state index contributed by atoms with van der Waals surface area (Å²) in [5.41, 5.74) is 0.702. The summed E-state index contributed by atoms with van der Waals surface area (Å²) in [4.78, 5) is 141. The number of hydrogen-bond acceptors (Lipinski definition) is 24. The third kappa shape index (κ3) is 32.4. The lowest BCUT2D eigenvalue weighted by Gasteiger charge is -2.30. The molecular weight excluding hydrogens is 1260 g/mol. The Hall–Kier alpha value is -9.16. The molecule has 2 aromatic carbocycles. The lowest BCUT2D eigenvalue weighted by atomic mass is 9.82. The van der Waals surface area contributed by atoms with Crippen LogP contribution in [0.3, 0.4) is 0 Å². The molecule has 4 aliphatic rings. The second-order valence-corrected chi connectivity index (χ2v) is 23.7. The molecule has 4 saturated carbocycles. The molecule has 0 unspecified atom stereocenters. The van der Waals surface area contributed by atoms with Crippen molar-refractivity contribution in [2.45, 2.75) is 166 Å². The van der Waals surface area contributed by atoms with Crippen LogP contribution in [-0.4, -0.2) is 147 Å². The van der Waals surface area contributed by atoms with E-state index in [1.807, 2.05) is 0 Å². The van der Waals surface area contributed by atoms with Crippen LogP contribution < -0.4 is 4.74 Å². The Morgan fingerprint density at radius 3 is 0.897 bits per heavy atom. The van der Waals surface area contributed by atoms with Crippen molar-refractivity contribution in [3.8, 4) is 11.5 Å². The van der Waals surface area contributed by atoms with Gasteiger partial charge in [0.1, 0.15) is 23.7 Å². The first kappa shape index (κ1) is 80.3. The van der Waals surface area contributed by atoms with Gasteiger partial charge in [0.25, 0.3) is 0 Å². The molecule has 6 rings (SSSR count). The standard InChI is InChI=1S/C36H46O12.C22H32O8.C14H16O5/c1-3-31(37)43-21-5-7-23-45-33(39)25-13-17-29(18-14-25)47-35(41)27-9-11-28(12-10-27)36(42)48-30-19-15-26(16-20-30)34(40)46-24-8-6-22-44-32(38)4-2;1-2-19(23)28-13-3-4-14-29-21(26)16-9-11-18(12-10-16)30-22(27)17-7-5-15(6-8-17)20(24)25;1-2-13(16)18-9-3-4-10-19-14(17)11-5-7-12(15)8-6-11/h3-4,13-14,17-18,26-28,30H,1-2,5-12,15-16,19-24H2;2,15-18H,1,3-14H2,(H,24,25);2,5-8,15H,1,3-4,9-10H2. The number of rotatable bonds is 35. The fraction of sp³-hybridized carbons (Fsp3) is 0.556. The molecule has 25 heteroatoms. The third-order valence-electron chi connectivity index (χ3n) is 16.5. The lowest BCUT2D eigenvalue weighted by molar-refractivity contribution is -0.161. The van der Waals surface area contributed by atoms with E-state index in [0.29, 0.717) is 178 Å². The Balaban J connectivity index is 0.000000345. The molecule has 97 heavy (non-hydrogen) atoms. The number of esters is 11. The summed E-state index contributed by atoms with van der Waals surface area (Å²) in [6.07, 6.45) is 17.8. The van der Waals surface area contributed by atoms with E-state index in [-0.39, 0.29) is 130 Å². The SMILES string of the molecule is C=CC(=O)OCCCCOC(=O)C1CCC(OC(=O)C2CCC(C(=O)O)CC2)CC1.C=CC(=O)OCCCCOC(=O)c1ccc(O)cc1.C=CC(=O)OCCCCOC(=O)c1ccc(OC(=O)C2CCC(C(=O)OC3CCC(C(=O)OCCCCOC(=O)C=C)CC3)CC2)cc1. The largest absolute Gasteiger partial charge is 0.508 e. The number of carboxylic acid groups (broad SMARTS) is 1. The van der Waals surface area contributed by atoms with Gasteiger partial charge in [-0.3, -0.25) is 28.8 Å². The van der Waals surface area contributed by atoms with Gasteiger partial charge in [0.15, 0.2) is 0 Å². The molecule has 0 saturated heterocycles. The maximum absolute atomic E-state index is 12.8. The number of carbonyl (C=O) groups is 12. The summed E-state index contributed by atoms with van der Waals surface area (Å²) in [5.74, 6) is -6.15. The number of hydrogen-bond donors (Lipinski definition) is 2. The molecule has 0 heterocycles. The summed E-state index contributed by atoms with van der Waals surface area (Å²) in [6, 6.07) is 11.9. The van der Waals surface area contributed by atoms with Gasteiger partial charge in [-0.15, -0.1) is 0 Å². The fourth-order valence-corrected chi connectivity index (χ4v) is 10.8. The molecule has 4 aliphatic carbocycles. The fourth-order valence-electron chi connectivity index (χ4n) is 10.8. The maximum atomic E-state index is 12.8. The van der Waals surface area contributed by atoms with Crippen molar-refractivity contribution < 1.29 is 120 Å².